The third-order valence-corrected chi connectivity index (χ3v) is 3.04. The number of nitrogens with two attached hydrogens (primary N) is 1. The van der Waals surface area contributed by atoms with Gasteiger partial charge in [-0.1, -0.05) is 6.42 Å². The van der Waals surface area contributed by atoms with E-state index in [4.69, 9.17) is 10.6 Å². The fourth-order valence-corrected chi connectivity index (χ4v) is 1.80. The predicted molar refractivity (Wildman–Crippen MR) is 47.6 cm³/mol. The molecule has 1 saturated carbocycles. The molecule has 1 rings (SSSR count). The van der Waals surface area contributed by atoms with Crippen molar-refractivity contribution in [2.24, 2.45) is 17.2 Å². The zero-order valence-electron chi connectivity index (χ0n) is 8.21. The van der Waals surface area contributed by atoms with Crippen molar-refractivity contribution in [3.63, 3.8) is 0 Å². The number of methoxy groups -OCH3 is 1. The molecule has 0 radical (unpaired) electrons. The fourth-order valence-electron chi connectivity index (χ4n) is 1.80. The van der Waals surface area contributed by atoms with Gasteiger partial charge in [0.05, 0.1) is 19.1 Å². The molecule has 4 nitrogen and oxygen atoms in total. The predicted octanol–water partition coefficient (Wildman–Crippen LogP) is 0.856. The molecule has 1 fully saturated rings. The summed E-state index contributed by atoms with van der Waals surface area (Å²) in [5.41, 5.74) is -0.554. The third kappa shape index (κ3) is 1.84. The number of carbonyl (C=O) groups excluding carboxylic acids is 1. The standard InChI is InChI=1S/C9H17NO3/c1-9(6-13-10,8(11)12-2)7-4-3-5-7/h7H,3-6,10H2,1-2H3. The smallest absolute Gasteiger partial charge is 0.314 e. The summed E-state index contributed by atoms with van der Waals surface area (Å²) in [4.78, 5) is 16.1. The van der Waals surface area contributed by atoms with Crippen LogP contribution in [0.5, 0.6) is 0 Å². The highest BCUT2D eigenvalue weighted by molar-refractivity contribution is 5.77. The van der Waals surface area contributed by atoms with Crippen molar-refractivity contribution >= 4 is 5.97 Å². The number of carbonyl (C=O) groups is 1. The van der Waals surface area contributed by atoms with E-state index in [2.05, 4.69) is 4.84 Å². The third-order valence-electron chi connectivity index (χ3n) is 3.04. The number of hydrogen-bond donors (Lipinski definition) is 1. The highest BCUT2D eigenvalue weighted by Gasteiger charge is 2.45. The second-order valence-corrected chi connectivity index (χ2v) is 3.85. The first-order chi connectivity index (χ1) is 6.15. The molecule has 0 bridgehead atoms. The van der Waals surface area contributed by atoms with Gasteiger partial charge in [0.2, 0.25) is 0 Å². The number of hydrogen-bond acceptors (Lipinski definition) is 4. The SMILES string of the molecule is COC(=O)C(C)(CON)C1CCC1. The highest BCUT2D eigenvalue weighted by Crippen LogP contribution is 2.42. The van der Waals surface area contributed by atoms with Crippen LogP contribution in [0.4, 0.5) is 0 Å². The highest BCUT2D eigenvalue weighted by atomic mass is 16.6. The van der Waals surface area contributed by atoms with Crippen LogP contribution in [0, 0.1) is 11.3 Å². The quantitative estimate of drug-likeness (QED) is 0.523. The first-order valence-electron chi connectivity index (χ1n) is 4.55. The molecule has 1 atom stereocenters. The molecule has 0 aromatic heterocycles. The molecule has 13 heavy (non-hydrogen) atoms. The van der Waals surface area contributed by atoms with E-state index in [1.54, 1.807) is 0 Å². The summed E-state index contributed by atoms with van der Waals surface area (Å²) in [5, 5.41) is 0. The first kappa shape index (κ1) is 10.5. The van der Waals surface area contributed by atoms with Gasteiger partial charge in [-0.15, -0.1) is 0 Å². The van der Waals surface area contributed by atoms with Crippen molar-refractivity contribution in [2.45, 2.75) is 26.2 Å². The molecule has 1 unspecified atom stereocenters. The van der Waals surface area contributed by atoms with E-state index >= 15 is 0 Å². The molecule has 0 saturated heterocycles. The van der Waals surface area contributed by atoms with Crippen LogP contribution in [0.15, 0.2) is 0 Å². The zero-order valence-corrected chi connectivity index (χ0v) is 8.21. The van der Waals surface area contributed by atoms with Gasteiger partial charge in [-0.2, -0.15) is 0 Å². The van der Waals surface area contributed by atoms with Gasteiger partial charge in [-0.05, 0) is 25.7 Å². The lowest BCUT2D eigenvalue weighted by Crippen LogP contribution is -2.44. The Morgan fingerprint density at radius 1 is 1.62 bits per heavy atom. The van der Waals surface area contributed by atoms with Gasteiger partial charge >= 0.3 is 5.97 Å². The van der Waals surface area contributed by atoms with Crippen LogP contribution >= 0.6 is 0 Å². The van der Waals surface area contributed by atoms with Gasteiger partial charge in [-0.25, -0.2) is 5.90 Å². The van der Waals surface area contributed by atoms with Gasteiger partial charge in [0.1, 0.15) is 0 Å². The van der Waals surface area contributed by atoms with Crippen molar-refractivity contribution in [1.82, 2.24) is 0 Å². The molecule has 0 spiro atoms. The summed E-state index contributed by atoms with van der Waals surface area (Å²) in [6, 6.07) is 0. The maximum absolute atomic E-state index is 11.5. The molecule has 1 aliphatic carbocycles. The Bertz CT molecular complexity index is 191. The Kier molecular flexibility index (Phi) is 3.27. The molecule has 76 valence electrons. The summed E-state index contributed by atoms with van der Waals surface area (Å²) < 4.78 is 4.75. The van der Waals surface area contributed by atoms with E-state index in [1.165, 1.54) is 13.5 Å². The molecule has 4 heteroatoms. The van der Waals surface area contributed by atoms with Crippen LogP contribution in [0.1, 0.15) is 26.2 Å². The van der Waals surface area contributed by atoms with Crippen molar-refractivity contribution in [3.8, 4) is 0 Å². The second-order valence-electron chi connectivity index (χ2n) is 3.85. The Morgan fingerprint density at radius 3 is 2.54 bits per heavy atom. The lowest BCUT2D eigenvalue weighted by atomic mass is 9.66. The first-order valence-corrected chi connectivity index (χ1v) is 4.55. The van der Waals surface area contributed by atoms with Gasteiger partial charge in [0.15, 0.2) is 0 Å². The fraction of sp³-hybridized carbons (Fsp3) is 0.889. The lowest BCUT2D eigenvalue weighted by molar-refractivity contribution is -0.163. The summed E-state index contributed by atoms with van der Waals surface area (Å²) >= 11 is 0. The summed E-state index contributed by atoms with van der Waals surface area (Å²) in [6.45, 7) is 2.10. The minimum Gasteiger partial charge on any atom is -0.469 e. The van der Waals surface area contributed by atoms with Crippen molar-refractivity contribution in [3.05, 3.63) is 0 Å². The Balaban J connectivity index is 2.66. The van der Waals surface area contributed by atoms with E-state index in [-0.39, 0.29) is 12.6 Å². The molecular formula is C9H17NO3. The minimum absolute atomic E-state index is 0.220. The Labute approximate surface area is 78.3 Å². The van der Waals surface area contributed by atoms with Crippen LogP contribution < -0.4 is 5.90 Å². The Morgan fingerprint density at radius 2 is 2.23 bits per heavy atom. The zero-order chi connectivity index (χ0) is 9.90. The number of esters is 1. The number of ether oxygens (including phenoxy) is 1. The summed E-state index contributed by atoms with van der Waals surface area (Å²) in [7, 11) is 1.40. The average molecular weight is 187 g/mol. The minimum atomic E-state index is -0.554. The molecule has 0 amide bonds. The average Bonchev–Trinajstić information content (AvgIpc) is 2.00. The second kappa shape index (κ2) is 4.07. The maximum Gasteiger partial charge on any atom is 0.314 e. The largest absolute Gasteiger partial charge is 0.469 e. The van der Waals surface area contributed by atoms with E-state index < -0.39 is 5.41 Å². The Hall–Kier alpha value is -0.610. The van der Waals surface area contributed by atoms with Gasteiger partial charge in [0.25, 0.3) is 0 Å². The van der Waals surface area contributed by atoms with Crippen molar-refractivity contribution in [2.75, 3.05) is 13.7 Å². The van der Waals surface area contributed by atoms with Gasteiger partial charge in [0, 0.05) is 0 Å². The lowest BCUT2D eigenvalue weighted by Gasteiger charge is -2.39. The van der Waals surface area contributed by atoms with Crippen LogP contribution in [0.25, 0.3) is 0 Å². The van der Waals surface area contributed by atoms with Crippen molar-refractivity contribution in [1.29, 1.82) is 0 Å². The van der Waals surface area contributed by atoms with E-state index in [0.717, 1.165) is 12.8 Å². The van der Waals surface area contributed by atoms with Crippen LogP contribution in [0.3, 0.4) is 0 Å². The van der Waals surface area contributed by atoms with Crippen LogP contribution in [-0.4, -0.2) is 19.7 Å². The van der Waals surface area contributed by atoms with E-state index in [0.29, 0.717) is 5.92 Å². The number of rotatable bonds is 4. The molecule has 2 N–H and O–H groups in total. The molecule has 0 aliphatic heterocycles. The normalized spacial score (nSPS) is 21.8. The maximum atomic E-state index is 11.5. The summed E-state index contributed by atoms with van der Waals surface area (Å²) in [6.07, 6.45) is 3.31. The molecular weight excluding hydrogens is 170 g/mol. The van der Waals surface area contributed by atoms with E-state index in [9.17, 15) is 4.79 Å². The van der Waals surface area contributed by atoms with Gasteiger partial charge in [-0.3, -0.25) is 4.79 Å². The molecule has 0 aromatic carbocycles. The topological polar surface area (TPSA) is 61.5 Å². The molecule has 0 aromatic rings. The van der Waals surface area contributed by atoms with Crippen molar-refractivity contribution < 1.29 is 14.4 Å². The summed E-state index contributed by atoms with van der Waals surface area (Å²) in [5.74, 6) is 5.16. The monoisotopic (exact) mass is 187 g/mol. The van der Waals surface area contributed by atoms with E-state index in [1.807, 2.05) is 6.92 Å². The van der Waals surface area contributed by atoms with Crippen LogP contribution in [0.2, 0.25) is 0 Å². The molecule has 1 aliphatic rings. The molecule has 0 heterocycles. The van der Waals surface area contributed by atoms with Gasteiger partial charge < -0.3 is 9.57 Å². The van der Waals surface area contributed by atoms with Crippen LogP contribution in [-0.2, 0) is 14.4 Å².